The van der Waals surface area contributed by atoms with Crippen LogP contribution in [0.2, 0.25) is 0 Å². The molecular weight excluding hydrogens is 364 g/mol. The molecule has 29 heavy (non-hydrogen) atoms. The van der Waals surface area contributed by atoms with Crippen LogP contribution in [-0.4, -0.2) is 63.1 Å². The summed E-state index contributed by atoms with van der Waals surface area (Å²) in [6.45, 7) is 7.57. The number of nitrogens with one attached hydrogen (secondary N) is 2. The van der Waals surface area contributed by atoms with Crippen LogP contribution >= 0.6 is 0 Å². The second-order valence-corrected chi connectivity index (χ2v) is 8.38. The molecule has 1 amide bonds. The van der Waals surface area contributed by atoms with Crippen molar-refractivity contribution in [1.82, 2.24) is 30.3 Å². The number of nitrogens with zero attached hydrogens (tertiary/aromatic N) is 4. The van der Waals surface area contributed by atoms with Gasteiger partial charge in [0.05, 0.1) is 12.5 Å². The molecule has 1 aromatic carbocycles. The number of H-pyrrole nitrogens is 1. The molecule has 1 aromatic heterocycles. The monoisotopic (exact) mass is 396 g/mol. The Bertz CT molecular complexity index is 784. The number of hydrogen-bond donors (Lipinski definition) is 2. The average Bonchev–Trinajstić information content (AvgIpc) is 3.18. The van der Waals surface area contributed by atoms with Crippen LogP contribution in [0.3, 0.4) is 0 Å². The first-order chi connectivity index (χ1) is 14.2. The van der Waals surface area contributed by atoms with Gasteiger partial charge in [0.2, 0.25) is 5.91 Å². The zero-order valence-corrected chi connectivity index (χ0v) is 17.3. The van der Waals surface area contributed by atoms with Crippen LogP contribution in [0.1, 0.15) is 42.9 Å². The van der Waals surface area contributed by atoms with Crippen LogP contribution in [-0.2, 0) is 17.9 Å². The molecule has 2 saturated heterocycles. The molecule has 2 N–H and O–H groups in total. The number of piperidine rings is 2. The second kappa shape index (κ2) is 9.50. The second-order valence-electron chi connectivity index (χ2n) is 8.38. The van der Waals surface area contributed by atoms with E-state index < -0.39 is 0 Å². The number of aryl methyl sites for hydroxylation is 1. The average molecular weight is 397 g/mol. The van der Waals surface area contributed by atoms with E-state index in [1.807, 2.05) is 6.92 Å². The number of aromatic amines is 1. The van der Waals surface area contributed by atoms with Crippen molar-refractivity contribution in [1.29, 1.82) is 0 Å². The highest BCUT2D eigenvalue weighted by Crippen LogP contribution is 2.24. The van der Waals surface area contributed by atoms with E-state index >= 15 is 0 Å². The van der Waals surface area contributed by atoms with Crippen molar-refractivity contribution >= 4 is 5.91 Å². The lowest BCUT2D eigenvalue weighted by molar-refractivity contribution is -0.127. The smallest absolute Gasteiger partial charge is 0.224 e. The first-order valence-electron chi connectivity index (χ1n) is 10.8. The third kappa shape index (κ3) is 5.42. The summed E-state index contributed by atoms with van der Waals surface area (Å²) in [5, 5.41) is 9.93. The summed E-state index contributed by atoms with van der Waals surface area (Å²) >= 11 is 0. The summed E-state index contributed by atoms with van der Waals surface area (Å²) in [7, 11) is 0. The number of amides is 1. The maximum Gasteiger partial charge on any atom is 0.224 e. The predicted molar refractivity (Wildman–Crippen MR) is 112 cm³/mol. The maximum atomic E-state index is 12.7. The molecule has 7 heteroatoms. The lowest BCUT2D eigenvalue weighted by atomic mass is 9.93. The number of benzene rings is 1. The fraction of sp³-hybridized carbons (Fsp3) is 0.591. The molecule has 2 fully saturated rings. The van der Waals surface area contributed by atoms with Crippen molar-refractivity contribution in [2.45, 2.75) is 51.7 Å². The van der Waals surface area contributed by atoms with Crippen molar-refractivity contribution in [3.63, 3.8) is 0 Å². The first-order valence-corrected chi connectivity index (χ1v) is 10.8. The SMILES string of the molecule is Cc1nc(CNC(=O)[C@@H]2CCCN(C3CCN(Cc4ccccc4)CC3)C2)n[nH]1. The van der Waals surface area contributed by atoms with Gasteiger partial charge in [0.1, 0.15) is 5.82 Å². The Morgan fingerprint density at radius 2 is 1.97 bits per heavy atom. The van der Waals surface area contributed by atoms with Gasteiger partial charge < -0.3 is 5.32 Å². The minimum atomic E-state index is 0.0751. The van der Waals surface area contributed by atoms with E-state index in [-0.39, 0.29) is 11.8 Å². The highest BCUT2D eigenvalue weighted by atomic mass is 16.1. The Kier molecular flexibility index (Phi) is 6.56. The minimum Gasteiger partial charge on any atom is -0.348 e. The summed E-state index contributed by atoms with van der Waals surface area (Å²) in [5.41, 5.74) is 1.39. The van der Waals surface area contributed by atoms with E-state index in [0.717, 1.165) is 51.4 Å². The number of hydrogen-bond acceptors (Lipinski definition) is 5. The number of carbonyl (C=O) groups is 1. The molecule has 0 unspecified atom stereocenters. The van der Waals surface area contributed by atoms with Gasteiger partial charge in [0.25, 0.3) is 0 Å². The number of carbonyl (C=O) groups excluding carboxylic acids is 1. The lowest BCUT2D eigenvalue weighted by Gasteiger charge is -2.42. The fourth-order valence-corrected chi connectivity index (χ4v) is 4.61. The van der Waals surface area contributed by atoms with Crippen LogP contribution < -0.4 is 5.32 Å². The molecule has 2 aliphatic rings. The van der Waals surface area contributed by atoms with E-state index in [1.165, 1.54) is 18.4 Å². The highest BCUT2D eigenvalue weighted by Gasteiger charge is 2.31. The van der Waals surface area contributed by atoms with Crippen molar-refractivity contribution in [3.05, 3.63) is 47.5 Å². The molecule has 0 aliphatic carbocycles. The standard InChI is InChI=1S/C22H32N6O/c1-17-24-21(26-25-17)14-23-22(29)19-8-5-11-28(16-19)20-9-12-27(13-10-20)15-18-6-3-2-4-7-18/h2-4,6-7,19-20H,5,8-16H2,1H3,(H,23,29)(H,24,25,26)/t19-/m1/s1. The molecular formula is C22H32N6O. The van der Waals surface area contributed by atoms with E-state index in [9.17, 15) is 4.79 Å². The van der Waals surface area contributed by atoms with Crippen LogP contribution in [0.15, 0.2) is 30.3 Å². The maximum absolute atomic E-state index is 12.7. The van der Waals surface area contributed by atoms with Crippen molar-refractivity contribution < 1.29 is 4.79 Å². The number of aromatic nitrogens is 3. The van der Waals surface area contributed by atoms with Crippen molar-refractivity contribution in [2.24, 2.45) is 5.92 Å². The van der Waals surface area contributed by atoms with Crippen molar-refractivity contribution in [2.75, 3.05) is 26.2 Å². The van der Waals surface area contributed by atoms with Gasteiger partial charge in [0.15, 0.2) is 5.82 Å². The van der Waals surface area contributed by atoms with Gasteiger partial charge in [-0.2, -0.15) is 5.10 Å². The molecule has 3 heterocycles. The van der Waals surface area contributed by atoms with Crippen LogP contribution in [0.5, 0.6) is 0 Å². The number of likely N-dealkylation sites (tertiary alicyclic amines) is 2. The Balaban J connectivity index is 1.23. The van der Waals surface area contributed by atoms with Crippen LogP contribution in [0, 0.1) is 12.8 Å². The molecule has 2 aliphatic heterocycles. The zero-order valence-electron chi connectivity index (χ0n) is 17.3. The third-order valence-electron chi connectivity index (χ3n) is 6.21. The van der Waals surface area contributed by atoms with Crippen LogP contribution in [0.25, 0.3) is 0 Å². The van der Waals surface area contributed by atoms with Gasteiger partial charge >= 0.3 is 0 Å². The summed E-state index contributed by atoms with van der Waals surface area (Å²) in [6.07, 6.45) is 4.46. The van der Waals surface area contributed by atoms with Gasteiger partial charge in [0, 0.05) is 19.1 Å². The molecule has 1 atom stereocenters. The molecule has 0 saturated carbocycles. The van der Waals surface area contributed by atoms with Crippen molar-refractivity contribution in [3.8, 4) is 0 Å². The summed E-state index contributed by atoms with van der Waals surface area (Å²) in [5.74, 6) is 1.64. The highest BCUT2D eigenvalue weighted by molar-refractivity contribution is 5.78. The topological polar surface area (TPSA) is 77.2 Å². The molecule has 4 rings (SSSR count). The quantitative estimate of drug-likeness (QED) is 0.782. The van der Waals surface area contributed by atoms with Crippen LogP contribution in [0.4, 0.5) is 0 Å². The van der Waals surface area contributed by atoms with Gasteiger partial charge in [-0.15, -0.1) is 0 Å². The Morgan fingerprint density at radius 3 is 2.69 bits per heavy atom. The molecule has 156 valence electrons. The van der Waals surface area contributed by atoms with Gasteiger partial charge in [-0.1, -0.05) is 30.3 Å². The van der Waals surface area contributed by atoms with Gasteiger partial charge in [-0.25, -0.2) is 4.98 Å². The van der Waals surface area contributed by atoms with Gasteiger partial charge in [-0.3, -0.25) is 19.7 Å². The Labute approximate surface area is 172 Å². The molecule has 7 nitrogen and oxygen atoms in total. The molecule has 0 radical (unpaired) electrons. The predicted octanol–water partition coefficient (Wildman–Crippen LogP) is 2.11. The largest absolute Gasteiger partial charge is 0.348 e. The summed E-state index contributed by atoms with van der Waals surface area (Å²) in [4.78, 5) is 22.0. The fourth-order valence-electron chi connectivity index (χ4n) is 4.61. The lowest BCUT2D eigenvalue weighted by Crippen LogP contribution is -2.50. The minimum absolute atomic E-state index is 0.0751. The van der Waals surface area contributed by atoms with E-state index in [0.29, 0.717) is 18.4 Å². The Morgan fingerprint density at radius 1 is 1.17 bits per heavy atom. The van der Waals surface area contributed by atoms with E-state index in [4.69, 9.17) is 0 Å². The zero-order chi connectivity index (χ0) is 20.1. The Hall–Kier alpha value is -2.25. The molecule has 2 aromatic rings. The molecule has 0 bridgehead atoms. The van der Waals surface area contributed by atoms with E-state index in [2.05, 4.69) is 60.6 Å². The summed E-state index contributed by atoms with van der Waals surface area (Å²) in [6, 6.07) is 11.3. The first kappa shape index (κ1) is 20.0. The summed E-state index contributed by atoms with van der Waals surface area (Å²) < 4.78 is 0. The third-order valence-corrected chi connectivity index (χ3v) is 6.21. The van der Waals surface area contributed by atoms with E-state index in [1.54, 1.807) is 0 Å². The normalized spacial score (nSPS) is 21.9. The van der Waals surface area contributed by atoms with Gasteiger partial charge in [-0.05, 0) is 57.8 Å². The number of rotatable bonds is 6. The molecule has 0 spiro atoms.